The van der Waals surface area contributed by atoms with Gasteiger partial charge < -0.3 is 9.64 Å². The van der Waals surface area contributed by atoms with E-state index in [4.69, 9.17) is 4.74 Å². The Balaban J connectivity index is 1.86. The quantitative estimate of drug-likeness (QED) is 0.772. The van der Waals surface area contributed by atoms with E-state index < -0.39 is 0 Å². The van der Waals surface area contributed by atoms with E-state index in [-0.39, 0.29) is 6.10 Å². The molecule has 3 rings (SSSR count). The van der Waals surface area contributed by atoms with E-state index in [9.17, 15) is 0 Å². The Labute approximate surface area is 118 Å². The predicted octanol–water partition coefficient (Wildman–Crippen LogP) is 1.47. The smallest absolute Gasteiger partial charge is 0.254 e. The molecule has 2 aromatic rings. The van der Waals surface area contributed by atoms with Gasteiger partial charge in [0.05, 0.1) is 12.7 Å². The van der Waals surface area contributed by atoms with Crippen molar-refractivity contribution in [2.75, 3.05) is 24.6 Å². The first kappa shape index (κ1) is 13.1. The van der Waals surface area contributed by atoms with Crippen LogP contribution in [0, 0.1) is 0 Å². The molecule has 1 unspecified atom stereocenters. The molecule has 0 spiro atoms. The number of ether oxygens (including phenoxy) is 1. The van der Waals surface area contributed by atoms with Crippen LogP contribution in [0.5, 0.6) is 0 Å². The van der Waals surface area contributed by atoms with E-state index in [0.29, 0.717) is 12.4 Å². The van der Waals surface area contributed by atoms with E-state index >= 15 is 0 Å². The van der Waals surface area contributed by atoms with E-state index in [0.717, 1.165) is 37.4 Å². The largest absolute Gasteiger partial charge is 0.372 e. The summed E-state index contributed by atoms with van der Waals surface area (Å²) in [5.74, 6) is 1.71. The maximum atomic E-state index is 5.73. The maximum absolute atomic E-state index is 5.73. The van der Waals surface area contributed by atoms with Crippen molar-refractivity contribution in [2.24, 2.45) is 0 Å². The minimum Gasteiger partial charge on any atom is -0.372 e. The summed E-state index contributed by atoms with van der Waals surface area (Å²) in [6.07, 6.45) is 5.51. The second-order valence-electron chi connectivity index (χ2n) is 4.91. The van der Waals surface area contributed by atoms with Gasteiger partial charge in [-0.25, -0.2) is 4.98 Å². The summed E-state index contributed by atoms with van der Waals surface area (Å²) in [7, 11) is 0. The zero-order valence-electron chi connectivity index (χ0n) is 11.7. The zero-order chi connectivity index (χ0) is 13.9. The molecule has 3 heterocycles. The first-order valence-corrected chi connectivity index (χ1v) is 6.99. The van der Waals surface area contributed by atoms with Crippen LogP contribution in [0.4, 0.5) is 5.82 Å². The molecule has 0 bridgehead atoms. The number of hydrogen-bond acceptors (Lipinski definition) is 5. The van der Waals surface area contributed by atoms with Gasteiger partial charge in [0.2, 0.25) is 0 Å². The van der Waals surface area contributed by atoms with E-state index in [2.05, 4.69) is 39.5 Å². The third-order valence-corrected chi connectivity index (χ3v) is 3.57. The SMILES string of the molecule is C=CCOC1CCN(c2cc(CC)nc3ncnn23)C1. The minimum absolute atomic E-state index is 0.254. The highest BCUT2D eigenvalue weighted by Gasteiger charge is 2.25. The Morgan fingerprint density at radius 1 is 1.55 bits per heavy atom. The van der Waals surface area contributed by atoms with Crippen LogP contribution in [0.25, 0.3) is 5.78 Å². The highest BCUT2D eigenvalue weighted by atomic mass is 16.5. The number of aryl methyl sites for hydroxylation is 1. The Morgan fingerprint density at radius 3 is 3.25 bits per heavy atom. The molecule has 1 saturated heterocycles. The van der Waals surface area contributed by atoms with Gasteiger partial charge in [0, 0.05) is 24.8 Å². The van der Waals surface area contributed by atoms with Gasteiger partial charge in [-0.3, -0.25) is 0 Å². The van der Waals surface area contributed by atoms with E-state index in [1.54, 1.807) is 16.9 Å². The molecule has 1 fully saturated rings. The van der Waals surface area contributed by atoms with Crippen molar-refractivity contribution in [1.82, 2.24) is 19.6 Å². The van der Waals surface area contributed by atoms with Crippen LogP contribution in [0.15, 0.2) is 25.0 Å². The number of fused-ring (bicyclic) bond motifs is 1. The lowest BCUT2D eigenvalue weighted by atomic mass is 10.3. The number of nitrogens with zero attached hydrogens (tertiary/aromatic N) is 5. The minimum atomic E-state index is 0.254. The van der Waals surface area contributed by atoms with Crippen molar-refractivity contribution in [1.29, 1.82) is 0 Å². The van der Waals surface area contributed by atoms with Gasteiger partial charge in [-0.15, -0.1) is 6.58 Å². The van der Waals surface area contributed by atoms with Crippen LogP contribution in [0.1, 0.15) is 19.0 Å². The number of anilines is 1. The second kappa shape index (κ2) is 5.58. The lowest BCUT2D eigenvalue weighted by molar-refractivity contribution is 0.0908. The van der Waals surface area contributed by atoms with Gasteiger partial charge in [-0.1, -0.05) is 13.0 Å². The van der Waals surface area contributed by atoms with E-state index in [1.807, 2.05) is 0 Å². The van der Waals surface area contributed by atoms with Gasteiger partial charge in [0.25, 0.3) is 5.78 Å². The van der Waals surface area contributed by atoms with Crippen molar-refractivity contribution in [3.63, 3.8) is 0 Å². The van der Waals surface area contributed by atoms with Crippen molar-refractivity contribution in [3.8, 4) is 0 Å². The average molecular weight is 273 g/mol. The van der Waals surface area contributed by atoms with Crippen LogP contribution in [0.2, 0.25) is 0 Å². The first-order chi connectivity index (χ1) is 9.81. The van der Waals surface area contributed by atoms with Gasteiger partial charge in [0.15, 0.2) is 0 Å². The molecule has 0 aromatic carbocycles. The Kier molecular flexibility index (Phi) is 3.64. The molecular weight excluding hydrogens is 254 g/mol. The summed E-state index contributed by atoms with van der Waals surface area (Å²) < 4.78 is 7.53. The normalized spacial score (nSPS) is 18.9. The van der Waals surface area contributed by atoms with Crippen LogP contribution in [-0.2, 0) is 11.2 Å². The van der Waals surface area contributed by atoms with Crippen LogP contribution >= 0.6 is 0 Å². The second-order valence-corrected chi connectivity index (χ2v) is 4.91. The summed E-state index contributed by atoms with van der Waals surface area (Å²) in [5, 5.41) is 4.27. The first-order valence-electron chi connectivity index (χ1n) is 6.99. The molecule has 2 aromatic heterocycles. The third kappa shape index (κ3) is 2.38. The number of hydrogen-bond donors (Lipinski definition) is 0. The molecular formula is C14H19N5O. The zero-order valence-corrected chi connectivity index (χ0v) is 11.7. The Morgan fingerprint density at radius 2 is 2.45 bits per heavy atom. The van der Waals surface area contributed by atoms with Gasteiger partial charge in [-0.05, 0) is 12.8 Å². The van der Waals surface area contributed by atoms with Crippen LogP contribution < -0.4 is 4.90 Å². The molecule has 1 aliphatic heterocycles. The molecule has 6 nitrogen and oxygen atoms in total. The fourth-order valence-electron chi connectivity index (χ4n) is 2.53. The topological polar surface area (TPSA) is 55.5 Å². The Bertz CT molecular complexity index is 609. The van der Waals surface area contributed by atoms with Crippen molar-refractivity contribution < 1.29 is 4.74 Å². The Hall–Kier alpha value is -1.95. The summed E-state index contributed by atoms with van der Waals surface area (Å²) in [6.45, 7) is 8.22. The van der Waals surface area contributed by atoms with Gasteiger partial charge in [0.1, 0.15) is 12.1 Å². The standard InChI is InChI=1S/C14H19N5O/c1-3-7-20-12-5-6-18(9-12)13-8-11(4-2)17-14-15-10-16-19(13)14/h3,8,10,12H,1,4-7,9H2,2H3. The molecule has 0 aliphatic carbocycles. The third-order valence-electron chi connectivity index (χ3n) is 3.57. The van der Waals surface area contributed by atoms with E-state index in [1.165, 1.54) is 0 Å². The summed E-state index contributed by atoms with van der Waals surface area (Å²) in [6, 6.07) is 2.09. The van der Waals surface area contributed by atoms with Crippen molar-refractivity contribution in [3.05, 3.63) is 30.7 Å². The number of aromatic nitrogens is 4. The molecule has 0 amide bonds. The highest BCUT2D eigenvalue weighted by Crippen LogP contribution is 2.22. The fourth-order valence-corrected chi connectivity index (χ4v) is 2.53. The summed E-state index contributed by atoms with van der Waals surface area (Å²) in [5.41, 5.74) is 1.04. The molecule has 6 heteroatoms. The fraction of sp³-hybridized carbons (Fsp3) is 0.500. The lowest BCUT2D eigenvalue weighted by Gasteiger charge is -2.19. The number of rotatable bonds is 5. The monoisotopic (exact) mass is 273 g/mol. The molecule has 0 saturated carbocycles. The van der Waals surface area contributed by atoms with Crippen LogP contribution in [0.3, 0.4) is 0 Å². The molecule has 20 heavy (non-hydrogen) atoms. The molecule has 1 atom stereocenters. The lowest BCUT2D eigenvalue weighted by Crippen LogP contribution is -2.25. The van der Waals surface area contributed by atoms with Gasteiger partial charge in [-0.2, -0.15) is 14.6 Å². The molecule has 0 N–H and O–H groups in total. The maximum Gasteiger partial charge on any atom is 0.254 e. The van der Waals surface area contributed by atoms with Crippen LogP contribution in [-0.4, -0.2) is 45.4 Å². The average Bonchev–Trinajstić information content (AvgIpc) is 3.12. The van der Waals surface area contributed by atoms with Gasteiger partial charge >= 0.3 is 0 Å². The van der Waals surface area contributed by atoms with Crippen molar-refractivity contribution >= 4 is 11.6 Å². The molecule has 1 aliphatic rings. The van der Waals surface area contributed by atoms with Crippen molar-refractivity contribution in [2.45, 2.75) is 25.9 Å². The summed E-state index contributed by atoms with van der Waals surface area (Å²) in [4.78, 5) is 11.0. The molecule has 0 radical (unpaired) electrons. The predicted molar refractivity (Wildman–Crippen MR) is 76.9 cm³/mol. The summed E-state index contributed by atoms with van der Waals surface area (Å²) >= 11 is 0. The molecule has 106 valence electrons. The highest BCUT2D eigenvalue weighted by molar-refractivity contribution is 5.48.